The van der Waals surface area contributed by atoms with Gasteiger partial charge in [-0.15, -0.1) is 0 Å². The third-order valence-corrected chi connectivity index (χ3v) is 4.24. The van der Waals surface area contributed by atoms with Gasteiger partial charge in [0.15, 0.2) is 0 Å². The molecule has 0 heterocycles. The molecule has 80 valence electrons. The molecule has 0 bridgehead atoms. The third-order valence-electron chi connectivity index (χ3n) is 2.11. The van der Waals surface area contributed by atoms with Gasteiger partial charge in [-0.2, -0.15) is 0 Å². The zero-order chi connectivity index (χ0) is 10.4. The Balaban J connectivity index is 3.85. The van der Waals surface area contributed by atoms with Crippen LogP contribution in [0.2, 0.25) is 0 Å². The van der Waals surface area contributed by atoms with Gasteiger partial charge in [-0.25, -0.2) is 0 Å². The highest BCUT2D eigenvalue weighted by Gasteiger charge is 2.17. The van der Waals surface area contributed by atoms with Crippen molar-refractivity contribution in [3.05, 3.63) is 0 Å². The lowest BCUT2D eigenvalue weighted by atomic mass is 10.2. The highest BCUT2D eigenvalue weighted by molar-refractivity contribution is 7.85. The van der Waals surface area contributed by atoms with E-state index in [1.54, 1.807) is 7.11 Å². The van der Waals surface area contributed by atoms with Crippen molar-refractivity contribution in [1.82, 2.24) is 0 Å². The maximum atomic E-state index is 11.6. The maximum Gasteiger partial charge on any atom is 0.0622 e. The topological polar surface area (TPSA) is 52.3 Å². The number of methoxy groups -OCH3 is 1. The second-order valence-electron chi connectivity index (χ2n) is 3.71. The van der Waals surface area contributed by atoms with E-state index in [1.807, 2.05) is 6.92 Å². The first-order valence-corrected chi connectivity index (χ1v) is 5.99. The monoisotopic (exact) mass is 207 g/mol. The van der Waals surface area contributed by atoms with E-state index in [4.69, 9.17) is 10.5 Å². The van der Waals surface area contributed by atoms with E-state index in [1.165, 1.54) is 0 Å². The first kappa shape index (κ1) is 13.1. The number of hydrogen-bond acceptors (Lipinski definition) is 3. The van der Waals surface area contributed by atoms with Gasteiger partial charge >= 0.3 is 0 Å². The number of rotatable bonds is 6. The predicted molar refractivity (Wildman–Crippen MR) is 57.2 cm³/mol. The van der Waals surface area contributed by atoms with Crippen molar-refractivity contribution >= 4 is 10.8 Å². The van der Waals surface area contributed by atoms with Crippen LogP contribution in [0.4, 0.5) is 0 Å². The summed E-state index contributed by atoms with van der Waals surface area (Å²) in [6.45, 7) is 6.63. The lowest BCUT2D eigenvalue weighted by Gasteiger charge is -2.17. The Morgan fingerprint density at radius 3 is 2.31 bits per heavy atom. The van der Waals surface area contributed by atoms with Gasteiger partial charge in [-0.3, -0.25) is 4.21 Å². The van der Waals surface area contributed by atoms with Crippen LogP contribution in [0.15, 0.2) is 0 Å². The van der Waals surface area contributed by atoms with E-state index in [2.05, 4.69) is 13.8 Å². The normalized spacial score (nSPS) is 18.6. The minimum Gasteiger partial charge on any atom is -0.383 e. The highest BCUT2D eigenvalue weighted by Crippen LogP contribution is 2.09. The van der Waals surface area contributed by atoms with Crippen molar-refractivity contribution in [2.24, 2.45) is 11.7 Å². The molecule has 0 fully saturated rings. The molecule has 0 rings (SSSR count). The van der Waals surface area contributed by atoms with Gasteiger partial charge in [0.2, 0.25) is 0 Å². The van der Waals surface area contributed by atoms with E-state index in [0.717, 1.165) is 0 Å². The molecule has 0 aliphatic heterocycles. The third kappa shape index (κ3) is 5.39. The van der Waals surface area contributed by atoms with Crippen molar-refractivity contribution in [3.63, 3.8) is 0 Å². The van der Waals surface area contributed by atoms with Gasteiger partial charge in [-0.05, 0) is 5.92 Å². The summed E-state index contributed by atoms with van der Waals surface area (Å²) < 4.78 is 16.5. The van der Waals surface area contributed by atoms with Crippen LogP contribution >= 0.6 is 0 Å². The molecule has 0 aliphatic rings. The molecule has 13 heavy (non-hydrogen) atoms. The maximum absolute atomic E-state index is 11.6. The van der Waals surface area contributed by atoms with Crippen LogP contribution in [0.1, 0.15) is 20.8 Å². The molecule has 0 aromatic rings. The highest BCUT2D eigenvalue weighted by atomic mass is 32.2. The molecule has 2 N–H and O–H groups in total. The van der Waals surface area contributed by atoms with Crippen LogP contribution in [-0.4, -0.2) is 35.0 Å². The first-order chi connectivity index (χ1) is 5.99. The van der Waals surface area contributed by atoms with Crippen molar-refractivity contribution in [2.45, 2.75) is 32.1 Å². The second-order valence-corrected chi connectivity index (χ2v) is 5.55. The fourth-order valence-corrected chi connectivity index (χ4v) is 2.36. The standard InChI is InChI=1S/C9H21NO2S/c1-7(2)8(3)13(11)6-9(10)5-12-4/h7-9H,5-6,10H2,1-4H3. The Labute approximate surface area is 83.5 Å². The van der Waals surface area contributed by atoms with Crippen molar-refractivity contribution in [1.29, 1.82) is 0 Å². The first-order valence-electron chi connectivity index (χ1n) is 4.60. The van der Waals surface area contributed by atoms with Crippen molar-refractivity contribution in [3.8, 4) is 0 Å². The summed E-state index contributed by atoms with van der Waals surface area (Å²) >= 11 is 0. The molecule has 0 aromatic carbocycles. The lowest BCUT2D eigenvalue weighted by molar-refractivity contribution is 0.186. The van der Waals surface area contributed by atoms with Crippen molar-refractivity contribution in [2.75, 3.05) is 19.5 Å². The second kappa shape index (κ2) is 6.51. The van der Waals surface area contributed by atoms with Gasteiger partial charge in [0.25, 0.3) is 0 Å². The minimum atomic E-state index is -0.831. The molecule has 3 atom stereocenters. The van der Waals surface area contributed by atoms with Crippen LogP contribution in [-0.2, 0) is 15.5 Å². The molecular weight excluding hydrogens is 186 g/mol. The summed E-state index contributed by atoms with van der Waals surface area (Å²) in [4.78, 5) is 0. The summed E-state index contributed by atoms with van der Waals surface area (Å²) in [5.41, 5.74) is 5.71. The van der Waals surface area contributed by atoms with E-state index in [9.17, 15) is 4.21 Å². The predicted octanol–water partition coefficient (Wildman–Crippen LogP) is 0.753. The molecule has 0 saturated carbocycles. The molecule has 3 unspecified atom stereocenters. The molecule has 0 spiro atoms. The van der Waals surface area contributed by atoms with Gasteiger partial charge in [0, 0.05) is 35.0 Å². The molecule has 3 nitrogen and oxygen atoms in total. The van der Waals surface area contributed by atoms with E-state index < -0.39 is 10.8 Å². The van der Waals surface area contributed by atoms with Crippen LogP contribution in [0, 0.1) is 5.92 Å². The lowest BCUT2D eigenvalue weighted by Crippen LogP contribution is -2.35. The number of ether oxygens (including phenoxy) is 1. The van der Waals surface area contributed by atoms with Gasteiger partial charge in [0.1, 0.15) is 0 Å². The van der Waals surface area contributed by atoms with E-state index in [-0.39, 0.29) is 11.3 Å². The molecule has 0 amide bonds. The Kier molecular flexibility index (Phi) is 6.55. The fourth-order valence-electron chi connectivity index (χ4n) is 0.929. The zero-order valence-electron chi connectivity index (χ0n) is 8.95. The summed E-state index contributed by atoms with van der Waals surface area (Å²) in [7, 11) is 0.774. The fraction of sp³-hybridized carbons (Fsp3) is 1.00. The summed E-state index contributed by atoms with van der Waals surface area (Å²) in [6.07, 6.45) is 0. The Morgan fingerprint density at radius 2 is 1.92 bits per heavy atom. The van der Waals surface area contributed by atoms with Crippen molar-refractivity contribution < 1.29 is 8.95 Å². The molecule has 0 radical (unpaired) electrons. The van der Waals surface area contributed by atoms with E-state index >= 15 is 0 Å². The molecule has 0 aliphatic carbocycles. The zero-order valence-corrected chi connectivity index (χ0v) is 9.76. The minimum absolute atomic E-state index is 0.105. The average molecular weight is 207 g/mol. The summed E-state index contributed by atoms with van der Waals surface area (Å²) in [6, 6.07) is -0.105. The van der Waals surface area contributed by atoms with Crippen LogP contribution < -0.4 is 5.73 Å². The van der Waals surface area contributed by atoms with Crippen LogP contribution in [0.25, 0.3) is 0 Å². The molecule has 4 heteroatoms. The summed E-state index contributed by atoms with van der Waals surface area (Å²) in [5.74, 6) is 0.975. The van der Waals surface area contributed by atoms with E-state index in [0.29, 0.717) is 18.3 Å². The molecule has 0 aromatic heterocycles. The Bertz CT molecular complexity index is 162. The number of nitrogens with two attached hydrogens (primary N) is 1. The Hall–Kier alpha value is 0.0700. The smallest absolute Gasteiger partial charge is 0.0622 e. The van der Waals surface area contributed by atoms with Crippen LogP contribution in [0.5, 0.6) is 0 Å². The summed E-state index contributed by atoms with van der Waals surface area (Å²) in [5, 5.41) is 0.211. The molecule has 0 saturated heterocycles. The van der Waals surface area contributed by atoms with Crippen LogP contribution in [0.3, 0.4) is 0 Å². The quantitative estimate of drug-likeness (QED) is 0.699. The average Bonchev–Trinajstić information content (AvgIpc) is 2.03. The largest absolute Gasteiger partial charge is 0.383 e. The SMILES string of the molecule is COCC(N)CS(=O)C(C)C(C)C. The Morgan fingerprint density at radius 1 is 1.38 bits per heavy atom. The van der Waals surface area contributed by atoms with Gasteiger partial charge < -0.3 is 10.5 Å². The number of hydrogen-bond donors (Lipinski definition) is 1. The van der Waals surface area contributed by atoms with Gasteiger partial charge in [-0.1, -0.05) is 20.8 Å². The van der Waals surface area contributed by atoms with Gasteiger partial charge in [0.05, 0.1) is 6.61 Å². The molecular formula is C9H21NO2S.